The van der Waals surface area contributed by atoms with Crippen molar-refractivity contribution in [1.82, 2.24) is 0 Å². The van der Waals surface area contributed by atoms with Gasteiger partial charge in [-0.15, -0.1) is 0 Å². The van der Waals surface area contributed by atoms with Crippen LogP contribution in [0.2, 0.25) is 0 Å². The molecule has 0 heterocycles. The first-order chi connectivity index (χ1) is 9.29. The zero-order chi connectivity index (χ0) is 13.5. The normalized spacial score (nSPS) is 9.47. The molecule has 94 valence electrons. The highest BCUT2D eigenvalue weighted by molar-refractivity contribution is 6.34. The van der Waals surface area contributed by atoms with E-state index in [0.29, 0.717) is 5.75 Å². The van der Waals surface area contributed by atoms with Gasteiger partial charge >= 0.3 is 11.7 Å². The fourth-order valence-corrected chi connectivity index (χ4v) is 1.59. The van der Waals surface area contributed by atoms with Gasteiger partial charge in [0.1, 0.15) is 5.75 Å². The predicted octanol–water partition coefficient (Wildman–Crippen LogP) is 2.51. The molecule has 0 aliphatic carbocycles. The first-order valence-corrected chi connectivity index (χ1v) is 5.81. The maximum Gasteiger partial charge on any atom is 0.422 e. The zero-order valence-corrected chi connectivity index (χ0v) is 10.2. The molecule has 19 heavy (non-hydrogen) atoms. The van der Waals surface area contributed by atoms with Crippen LogP contribution in [0.3, 0.4) is 0 Å². The molecule has 2 aromatic carbocycles. The van der Waals surface area contributed by atoms with E-state index in [4.69, 9.17) is 10.3 Å². The van der Waals surface area contributed by atoms with E-state index < -0.39 is 5.97 Å². The van der Waals surface area contributed by atoms with Crippen molar-refractivity contribution >= 4 is 11.7 Å². The lowest BCUT2D eigenvalue weighted by atomic mass is 10.1. The predicted molar refractivity (Wildman–Crippen MR) is 70.8 cm³/mol. The van der Waals surface area contributed by atoms with Gasteiger partial charge in [-0.05, 0) is 17.7 Å². The van der Waals surface area contributed by atoms with Crippen molar-refractivity contribution in [3.05, 3.63) is 71.8 Å². The van der Waals surface area contributed by atoms with Crippen molar-refractivity contribution in [2.24, 2.45) is 0 Å². The quantitative estimate of drug-likeness (QED) is 0.276. The molecule has 0 atom stereocenters. The number of hydrogen-bond donors (Lipinski definition) is 0. The molecule has 0 fully saturated rings. The summed E-state index contributed by atoms with van der Waals surface area (Å²) in [7, 11) is 0. The van der Waals surface area contributed by atoms with Gasteiger partial charge in [0.05, 0.1) is 6.42 Å². The van der Waals surface area contributed by atoms with Gasteiger partial charge in [0.15, 0.2) is 0 Å². The van der Waals surface area contributed by atoms with Crippen LogP contribution in [0.1, 0.15) is 5.56 Å². The summed E-state index contributed by atoms with van der Waals surface area (Å²) >= 11 is 0. The van der Waals surface area contributed by atoms with Crippen LogP contribution in [0, 0.1) is 0 Å². The lowest BCUT2D eigenvalue weighted by Crippen LogP contribution is -2.23. The van der Waals surface area contributed by atoms with Crippen molar-refractivity contribution in [1.29, 1.82) is 0 Å². The van der Waals surface area contributed by atoms with Gasteiger partial charge < -0.3 is 10.3 Å². The highest BCUT2D eigenvalue weighted by atomic mass is 16.5. The second-order valence-electron chi connectivity index (χ2n) is 3.91. The van der Waals surface area contributed by atoms with Crippen LogP contribution in [0.4, 0.5) is 0 Å². The molecular formula is C15H12N2O2. The number of carbonyl (C=O) groups is 1. The van der Waals surface area contributed by atoms with Gasteiger partial charge in [0, 0.05) is 0 Å². The summed E-state index contributed by atoms with van der Waals surface area (Å²) in [5.74, 6) is -0.237. The van der Waals surface area contributed by atoms with E-state index in [1.807, 2.05) is 36.4 Å². The number of esters is 1. The minimum atomic E-state index is -0.655. The van der Waals surface area contributed by atoms with Crippen LogP contribution in [-0.2, 0) is 11.2 Å². The van der Waals surface area contributed by atoms with Crippen molar-refractivity contribution in [2.75, 3.05) is 0 Å². The van der Waals surface area contributed by atoms with E-state index in [2.05, 4.69) is 4.79 Å². The molecule has 0 saturated carbocycles. The second-order valence-corrected chi connectivity index (χ2v) is 3.91. The Balaban J connectivity index is 2.07. The van der Waals surface area contributed by atoms with Crippen molar-refractivity contribution < 1.29 is 14.3 Å². The molecule has 2 rings (SSSR count). The third-order valence-electron chi connectivity index (χ3n) is 2.52. The minimum Gasteiger partial charge on any atom is -0.418 e. The number of rotatable bonds is 4. The summed E-state index contributed by atoms with van der Waals surface area (Å²) in [6.45, 7) is 0. The molecule has 0 saturated heterocycles. The Morgan fingerprint density at radius 1 is 1.00 bits per heavy atom. The van der Waals surface area contributed by atoms with Crippen LogP contribution in [-0.4, -0.2) is 16.5 Å². The molecule has 0 aromatic heterocycles. The summed E-state index contributed by atoms with van der Waals surface area (Å²) < 4.78 is 5.11. The Morgan fingerprint density at radius 2 is 1.58 bits per heavy atom. The third-order valence-corrected chi connectivity index (χ3v) is 2.52. The second kappa shape index (κ2) is 6.28. The number of hydrogen-bond acceptors (Lipinski definition) is 2. The Hall–Kier alpha value is -2.71. The lowest BCUT2D eigenvalue weighted by Gasteiger charge is -2.01. The third kappa shape index (κ3) is 3.63. The van der Waals surface area contributed by atoms with Crippen LogP contribution in [0.25, 0.3) is 5.53 Å². The monoisotopic (exact) mass is 252 g/mol. The molecule has 0 bridgehead atoms. The molecule has 0 unspecified atom stereocenters. The summed E-state index contributed by atoms with van der Waals surface area (Å²) in [5, 5.41) is 0. The van der Waals surface area contributed by atoms with Crippen LogP contribution < -0.4 is 4.74 Å². The van der Waals surface area contributed by atoms with Crippen molar-refractivity contribution in [3.63, 3.8) is 0 Å². The highest BCUT2D eigenvalue weighted by Crippen LogP contribution is 2.09. The number of para-hydroxylation sites is 1. The Morgan fingerprint density at radius 3 is 2.16 bits per heavy atom. The Bertz CT molecular complexity index is 603. The van der Waals surface area contributed by atoms with E-state index in [1.54, 1.807) is 24.3 Å². The Labute approximate surface area is 110 Å². The largest absolute Gasteiger partial charge is 0.422 e. The average molecular weight is 252 g/mol. The van der Waals surface area contributed by atoms with E-state index in [-0.39, 0.29) is 12.1 Å². The maximum atomic E-state index is 11.8. The highest BCUT2D eigenvalue weighted by Gasteiger charge is 2.23. The summed E-state index contributed by atoms with van der Waals surface area (Å²) in [4.78, 5) is 14.9. The smallest absolute Gasteiger partial charge is 0.418 e. The van der Waals surface area contributed by atoms with Gasteiger partial charge in [-0.25, -0.2) is 4.79 Å². The van der Waals surface area contributed by atoms with Crippen LogP contribution >= 0.6 is 0 Å². The first kappa shape index (κ1) is 12.7. The fourth-order valence-electron chi connectivity index (χ4n) is 1.59. The molecular weight excluding hydrogens is 240 g/mol. The number of nitrogens with zero attached hydrogens (tertiary/aromatic N) is 2. The number of ether oxygens (including phenoxy) is 1. The molecule has 2 aromatic rings. The van der Waals surface area contributed by atoms with Crippen molar-refractivity contribution in [3.8, 4) is 5.75 Å². The molecule has 0 radical (unpaired) electrons. The van der Waals surface area contributed by atoms with Crippen molar-refractivity contribution in [2.45, 2.75) is 6.42 Å². The Kier molecular flexibility index (Phi) is 4.21. The van der Waals surface area contributed by atoms with E-state index in [1.165, 1.54) is 0 Å². The van der Waals surface area contributed by atoms with Gasteiger partial charge in [-0.1, -0.05) is 48.5 Å². The number of carbonyl (C=O) groups excluding carboxylic acids is 1. The first-order valence-electron chi connectivity index (χ1n) is 5.81. The van der Waals surface area contributed by atoms with Gasteiger partial charge in [0.25, 0.3) is 0 Å². The van der Waals surface area contributed by atoms with Crippen LogP contribution in [0.15, 0.2) is 60.7 Å². The maximum absolute atomic E-state index is 11.8. The summed E-state index contributed by atoms with van der Waals surface area (Å²) in [5.41, 5.74) is 9.77. The fraction of sp³-hybridized carbons (Fsp3) is 0.0667. The molecule has 0 aliphatic rings. The van der Waals surface area contributed by atoms with Gasteiger partial charge in [-0.3, -0.25) is 0 Å². The summed E-state index contributed by atoms with van der Waals surface area (Å²) in [6, 6.07) is 17.9. The molecule has 0 amide bonds. The van der Waals surface area contributed by atoms with Gasteiger partial charge in [-0.2, -0.15) is 4.79 Å². The molecule has 0 aliphatic heterocycles. The topological polar surface area (TPSA) is 62.7 Å². The molecule has 4 nitrogen and oxygen atoms in total. The van der Waals surface area contributed by atoms with E-state index >= 15 is 0 Å². The SMILES string of the molecule is [N-]=[N+]=C(Cc1ccccc1)C(=O)Oc1ccccc1. The molecule has 4 heteroatoms. The lowest BCUT2D eigenvalue weighted by molar-refractivity contribution is -0.131. The standard InChI is InChI=1S/C15H12N2O2/c16-17-14(11-12-7-3-1-4-8-12)15(18)19-13-9-5-2-6-10-13/h1-10H,11H2. The minimum absolute atomic E-state index is 0.0324. The van der Waals surface area contributed by atoms with E-state index in [0.717, 1.165) is 5.56 Å². The van der Waals surface area contributed by atoms with Crippen LogP contribution in [0.5, 0.6) is 5.75 Å². The van der Waals surface area contributed by atoms with E-state index in [9.17, 15) is 4.79 Å². The summed E-state index contributed by atoms with van der Waals surface area (Å²) in [6.07, 6.45) is 0.225. The molecule has 0 N–H and O–H groups in total. The van der Waals surface area contributed by atoms with Gasteiger partial charge in [0.2, 0.25) is 0 Å². The average Bonchev–Trinajstić information content (AvgIpc) is 2.47. The number of benzene rings is 2. The zero-order valence-electron chi connectivity index (χ0n) is 10.2. The molecule has 0 spiro atoms.